The lowest BCUT2D eigenvalue weighted by Crippen LogP contribution is -2.47. The third-order valence-corrected chi connectivity index (χ3v) is 5.29. The highest BCUT2D eigenvalue weighted by molar-refractivity contribution is 5.95. The largest absolute Gasteiger partial charge is 0.347 e. The molecule has 6 nitrogen and oxygen atoms in total. The number of benzene rings is 1. The Labute approximate surface area is 159 Å². The Morgan fingerprint density at radius 3 is 2.48 bits per heavy atom. The van der Waals surface area contributed by atoms with Gasteiger partial charge in [-0.05, 0) is 25.1 Å². The van der Waals surface area contributed by atoms with E-state index in [0.717, 1.165) is 30.8 Å². The first-order valence-corrected chi connectivity index (χ1v) is 9.56. The molecule has 0 atom stereocenters. The van der Waals surface area contributed by atoms with Crippen molar-refractivity contribution in [2.75, 3.05) is 37.7 Å². The molecule has 0 radical (unpaired) electrons. The summed E-state index contributed by atoms with van der Waals surface area (Å²) in [6.07, 6.45) is 4.89. The first-order chi connectivity index (χ1) is 13.2. The average molecular weight is 367 g/mol. The summed E-state index contributed by atoms with van der Waals surface area (Å²) in [5, 5.41) is 0. The minimum absolute atomic E-state index is 0.0151. The van der Waals surface area contributed by atoms with E-state index in [1.807, 2.05) is 29.2 Å². The van der Waals surface area contributed by atoms with Gasteiger partial charge in [0.1, 0.15) is 0 Å². The Bertz CT molecular complexity index is 780. The summed E-state index contributed by atoms with van der Waals surface area (Å²) >= 11 is 0. The number of likely N-dealkylation sites (tertiary alicyclic amines) is 1. The number of ether oxygens (including phenoxy) is 2. The molecule has 2 aromatic rings. The molecule has 142 valence electrons. The molecule has 3 heterocycles. The monoisotopic (exact) mass is 367 g/mol. The van der Waals surface area contributed by atoms with Gasteiger partial charge in [0.15, 0.2) is 5.79 Å². The SMILES string of the molecule is CCN(c1ccccc1)c1cncc(C(=O)N2CCC3(CC2)OCCO3)c1. The summed E-state index contributed by atoms with van der Waals surface area (Å²) in [5.74, 6) is -0.454. The average Bonchev–Trinajstić information content (AvgIpc) is 3.18. The van der Waals surface area contributed by atoms with Crippen molar-refractivity contribution in [1.29, 1.82) is 0 Å². The van der Waals surface area contributed by atoms with E-state index in [9.17, 15) is 4.79 Å². The third kappa shape index (κ3) is 3.68. The molecule has 0 N–H and O–H groups in total. The van der Waals surface area contributed by atoms with Crippen molar-refractivity contribution in [3.05, 3.63) is 54.4 Å². The van der Waals surface area contributed by atoms with E-state index in [4.69, 9.17) is 9.47 Å². The molecule has 2 saturated heterocycles. The molecule has 2 aliphatic heterocycles. The number of rotatable bonds is 4. The fourth-order valence-electron chi connectivity index (χ4n) is 3.83. The summed E-state index contributed by atoms with van der Waals surface area (Å²) < 4.78 is 11.5. The second-order valence-corrected chi connectivity index (χ2v) is 6.91. The van der Waals surface area contributed by atoms with Gasteiger partial charge in [-0.1, -0.05) is 18.2 Å². The van der Waals surface area contributed by atoms with E-state index in [1.54, 1.807) is 12.4 Å². The van der Waals surface area contributed by atoms with Crippen LogP contribution in [0.25, 0.3) is 0 Å². The molecule has 1 amide bonds. The second kappa shape index (κ2) is 7.66. The summed E-state index contributed by atoms with van der Waals surface area (Å²) in [6.45, 7) is 5.45. The van der Waals surface area contributed by atoms with Gasteiger partial charge in [-0.3, -0.25) is 9.78 Å². The number of aromatic nitrogens is 1. The van der Waals surface area contributed by atoms with Gasteiger partial charge in [-0.25, -0.2) is 0 Å². The van der Waals surface area contributed by atoms with E-state index in [2.05, 4.69) is 28.9 Å². The van der Waals surface area contributed by atoms with E-state index >= 15 is 0 Å². The number of para-hydroxylation sites is 1. The summed E-state index contributed by atoms with van der Waals surface area (Å²) in [6, 6.07) is 12.1. The molecule has 1 aromatic carbocycles. The number of hydrogen-bond donors (Lipinski definition) is 0. The maximum absolute atomic E-state index is 13.0. The zero-order valence-electron chi connectivity index (χ0n) is 15.6. The Balaban J connectivity index is 1.49. The molecule has 6 heteroatoms. The van der Waals surface area contributed by atoms with Gasteiger partial charge >= 0.3 is 0 Å². The highest BCUT2D eigenvalue weighted by Crippen LogP contribution is 2.32. The lowest BCUT2D eigenvalue weighted by Gasteiger charge is -2.37. The van der Waals surface area contributed by atoms with Crippen molar-refractivity contribution in [1.82, 2.24) is 9.88 Å². The highest BCUT2D eigenvalue weighted by Gasteiger charge is 2.40. The molecule has 0 saturated carbocycles. The topological polar surface area (TPSA) is 54.9 Å². The minimum Gasteiger partial charge on any atom is -0.347 e. The molecular formula is C21H25N3O3. The smallest absolute Gasteiger partial charge is 0.255 e. The molecular weight excluding hydrogens is 342 g/mol. The molecule has 1 aromatic heterocycles. The van der Waals surface area contributed by atoms with Crippen LogP contribution in [0, 0.1) is 0 Å². The summed E-state index contributed by atoms with van der Waals surface area (Å²) in [4.78, 5) is 21.3. The van der Waals surface area contributed by atoms with Gasteiger partial charge in [0.2, 0.25) is 0 Å². The van der Waals surface area contributed by atoms with Gasteiger partial charge in [0.05, 0.1) is 30.7 Å². The summed E-state index contributed by atoms with van der Waals surface area (Å²) in [5.41, 5.74) is 2.62. The van der Waals surface area contributed by atoms with Crippen LogP contribution < -0.4 is 4.90 Å². The van der Waals surface area contributed by atoms with Gasteiger partial charge in [0, 0.05) is 44.4 Å². The molecule has 0 bridgehead atoms. The number of hydrogen-bond acceptors (Lipinski definition) is 5. The predicted octanol–water partition coefficient (Wildman–Crippen LogP) is 3.22. The van der Waals surface area contributed by atoms with Crippen LogP contribution in [-0.2, 0) is 9.47 Å². The maximum atomic E-state index is 13.0. The molecule has 4 rings (SSSR count). The fraction of sp³-hybridized carbons (Fsp3) is 0.429. The van der Waals surface area contributed by atoms with Gasteiger partial charge in [-0.15, -0.1) is 0 Å². The zero-order valence-corrected chi connectivity index (χ0v) is 15.6. The van der Waals surface area contributed by atoms with Crippen LogP contribution in [0.1, 0.15) is 30.1 Å². The number of anilines is 2. The van der Waals surface area contributed by atoms with Crippen LogP contribution in [0.2, 0.25) is 0 Å². The molecule has 27 heavy (non-hydrogen) atoms. The zero-order chi connectivity index (χ0) is 18.7. The standard InChI is InChI=1S/C21H25N3O3/c1-2-24(18-6-4-3-5-7-18)19-14-17(15-22-16-19)20(25)23-10-8-21(9-11-23)26-12-13-27-21/h3-7,14-16H,2,8-13H2,1H3. The van der Waals surface area contributed by atoms with Gasteiger partial charge in [-0.2, -0.15) is 0 Å². The van der Waals surface area contributed by atoms with E-state index in [0.29, 0.717) is 31.9 Å². The van der Waals surface area contributed by atoms with Crippen molar-refractivity contribution in [3.63, 3.8) is 0 Å². The first-order valence-electron chi connectivity index (χ1n) is 9.56. The normalized spacial score (nSPS) is 18.6. The molecule has 1 spiro atoms. The number of carbonyl (C=O) groups excluding carboxylic acids is 1. The number of piperidine rings is 1. The van der Waals surface area contributed by atoms with Crippen LogP contribution in [0.4, 0.5) is 11.4 Å². The first kappa shape index (κ1) is 17.9. The number of pyridine rings is 1. The molecule has 2 fully saturated rings. The lowest BCUT2D eigenvalue weighted by molar-refractivity contribution is -0.181. The maximum Gasteiger partial charge on any atom is 0.255 e. The molecule has 2 aliphatic rings. The van der Waals surface area contributed by atoms with Crippen LogP contribution in [-0.4, -0.2) is 54.4 Å². The predicted molar refractivity (Wildman–Crippen MR) is 103 cm³/mol. The van der Waals surface area contributed by atoms with Gasteiger partial charge in [0.25, 0.3) is 5.91 Å². The number of nitrogens with zero attached hydrogens (tertiary/aromatic N) is 3. The van der Waals surface area contributed by atoms with E-state index < -0.39 is 5.79 Å². The van der Waals surface area contributed by atoms with Crippen molar-refractivity contribution in [3.8, 4) is 0 Å². The van der Waals surface area contributed by atoms with Crippen molar-refractivity contribution in [2.45, 2.75) is 25.6 Å². The van der Waals surface area contributed by atoms with Crippen molar-refractivity contribution in [2.24, 2.45) is 0 Å². The van der Waals surface area contributed by atoms with Gasteiger partial charge < -0.3 is 19.3 Å². The van der Waals surface area contributed by atoms with Crippen molar-refractivity contribution >= 4 is 17.3 Å². The Morgan fingerprint density at radius 1 is 1.11 bits per heavy atom. The third-order valence-electron chi connectivity index (χ3n) is 5.29. The van der Waals surface area contributed by atoms with Crippen LogP contribution in [0.5, 0.6) is 0 Å². The van der Waals surface area contributed by atoms with E-state index in [-0.39, 0.29) is 5.91 Å². The molecule has 0 aliphatic carbocycles. The number of amides is 1. The molecule has 0 unspecified atom stereocenters. The Hall–Kier alpha value is -2.44. The quantitative estimate of drug-likeness (QED) is 0.831. The fourth-order valence-corrected chi connectivity index (χ4v) is 3.83. The van der Waals surface area contributed by atoms with E-state index in [1.165, 1.54) is 0 Å². The summed E-state index contributed by atoms with van der Waals surface area (Å²) in [7, 11) is 0. The number of carbonyl (C=O) groups is 1. The second-order valence-electron chi connectivity index (χ2n) is 6.91. The Kier molecular flexibility index (Phi) is 5.09. The van der Waals surface area contributed by atoms with Crippen LogP contribution in [0.15, 0.2) is 48.8 Å². The van der Waals surface area contributed by atoms with Crippen LogP contribution in [0.3, 0.4) is 0 Å². The Morgan fingerprint density at radius 2 is 1.81 bits per heavy atom. The van der Waals surface area contributed by atoms with Crippen molar-refractivity contribution < 1.29 is 14.3 Å². The highest BCUT2D eigenvalue weighted by atomic mass is 16.7. The minimum atomic E-state index is -0.469. The lowest BCUT2D eigenvalue weighted by atomic mass is 10.0. The van der Waals surface area contributed by atoms with Crippen LogP contribution >= 0.6 is 0 Å².